The minimum Gasteiger partial charge on any atom is -0.481 e. The molecule has 4 heterocycles. The zero-order chi connectivity index (χ0) is 18.9. The van der Waals surface area contributed by atoms with Crippen molar-refractivity contribution in [3.8, 4) is 0 Å². The normalized spacial score (nSPS) is 33.3. The summed E-state index contributed by atoms with van der Waals surface area (Å²) in [6, 6.07) is 0.278. The number of carbonyl (C=O) groups is 1. The van der Waals surface area contributed by atoms with Gasteiger partial charge in [0.1, 0.15) is 11.5 Å². The number of halogens is 2. The number of hydrogen-bond donors (Lipinski definition) is 1. The SMILES string of the molecule is C[C@H]1CCN1c1nc(N2C[C@H]3C[C@@H](C2)[C@@H]3CC(=O)O)c2c(n1)C(F)(F)CC2. The van der Waals surface area contributed by atoms with Crippen LogP contribution in [0.1, 0.15) is 43.9 Å². The van der Waals surface area contributed by atoms with E-state index in [0.29, 0.717) is 48.7 Å². The van der Waals surface area contributed by atoms with Crippen LogP contribution < -0.4 is 9.80 Å². The van der Waals surface area contributed by atoms with Crippen molar-refractivity contribution in [2.24, 2.45) is 17.8 Å². The van der Waals surface area contributed by atoms with Crippen LogP contribution in [0.25, 0.3) is 0 Å². The highest BCUT2D eigenvalue weighted by atomic mass is 19.3. The van der Waals surface area contributed by atoms with Gasteiger partial charge >= 0.3 is 5.97 Å². The average molecular weight is 378 g/mol. The fourth-order valence-electron chi connectivity index (χ4n) is 5.29. The Morgan fingerprint density at radius 3 is 2.63 bits per heavy atom. The molecule has 146 valence electrons. The fraction of sp³-hybridized carbons (Fsp3) is 0.737. The summed E-state index contributed by atoms with van der Waals surface area (Å²) >= 11 is 0. The second kappa shape index (κ2) is 5.75. The number of aliphatic carboxylic acids is 1. The van der Waals surface area contributed by atoms with E-state index < -0.39 is 11.9 Å². The van der Waals surface area contributed by atoms with E-state index in [2.05, 4.69) is 16.8 Å². The van der Waals surface area contributed by atoms with Gasteiger partial charge in [0.2, 0.25) is 5.95 Å². The number of carboxylic acid groups (broad SMARTS) is 1. The first-order valence-corrected chi connectivity index (χ1v) is 9.86. The van der Waals surface area contributed by atoms with Gasteiger partial charge in [0.05, 0.1) is 0 Å². The summed E-state index contributed by atoms with van der Waals surface area (Å²) in [5, 5.41) is 9.10. The topological polar surface area (TPSA) is 69.6 Å². The number of hydrogen-bond acceptors (Lipinski definition) is 5. The smallest absolute Gasteiger partial charge is 0.303 e. The quantitative estimate of drug-likeness (QED) is 0.869. The summed E-state index contributed by atoms with van der Waals surface area (Å²) in [7, 11) is 0. The van der Waals surface area contributed by atoms with Crippen LogP contribution in [0, 0.1) is 17.8 Å². The van der Waals surface area contributed by atoms with Gasteiger partial charge in [-0.05, 0) is 43.9 Å². The van der Waals surface area contributed by atoms with E-state index in [4.69, 9.17) is 10.1 Å². The van der Waals surface area contributed by atoms with Crippen LogP contribution in [0.5, 0.6) is 0 Å². The van der Waals surface area contributed by atoms with Gasteiger partial charge in [-0.2, -0.15) is 13.8 Å². The first kappa shape index (κ1) is 17.1. The maximum atomic E-state index is 14.4. The van der Waals surface area contributed by atoms with Crippen LogP contribution in [0.3, 0.4) is 0 Å². The molecule has 1 aromatic heterocycles. The molecule has 2 aliphatic carbocycles. The largest absolute Gasteiger partial charge is 0.481 e. The Labute approximate surface area is 156 Å². The molecule has 4 fully saturated rings. The molecule has 27 heavy (non-hydrogen) atoms. The fourth-order valence-corrected chi connectivity index (χ4v) is 5.29. The van der Waals surface area contributed by atoms with Crippen molar-refractivity contribution in [1.82, 2.24) is 9.97 Å². The predicted molar refractivity (Wildman–Crippen MR) is 95.2 cm³/mol. The first-order chi connectivity index (χ1) is 12.8. The van der Waals surface area contributed by atoms with E-state index in [1.165, 1.54) is 0 Å². The molecule has 0 aromatic carbocycles. The highest BCUT2D eigenvalue weighted by Gasteiger charge is 2.50. The lowest BCUT2D eigenvalue weighted by molar-refractivity contribution is -0.141. The van der Waals surface area contributed by atoms with Crippen molar-refractivity contribution in [2.45, 2.75) is 51.0 Å². The predicted octanol–water partition coefficient (Wildman–Crippen LogP) is 2.66. The Morgan fingerprint density at radius 2 is 2.04 bits per heavy atom. The van der Waals surface area contributed by atoms with E-state index in [1.54, 1.807) is 0 Å². The van der Waals surface area contributed by atoms with Crippen molar-refractivity contribution in [3.05, 3.63) is 11.3 Å². The molecule has 0 unspecified atom stereocenters. The Balaban J connectivity index is 1.47. The van der Waals surface area contributed by atoms with Gasteiger partial charge in [0.25, 0.3) is 5.92 Å². The second-order valence-corrected chi connectivity index (χ2v) is 8.63. The molecule has 6 nitrogen and oxygen atoms in total. The van der Waals surface area contributed by atoms with E-state index in [9.17, 15) is 13.6 Å². The molecule has 3 saturated heterocycles. The number of rotatable bonds is 4. The van der Waals surface area contributed by atoms with E-state index >= 15 is 0 Å². The molecule has 1 aromatic rings. The molecule has 8 heteroatoms. The maximum absolute atomic E-state index is 14.4. The lowest BCUT2D eigenvalue weighted by Gasteiger charge is -2.54. The van der Waals surface area contributed by atoms with E-state index in [0.717, 1.165) is 19.4 Å². The number of aromatic nitrogens is 2. The third-order valence-corrected chi connectivity index (χ3v) is 7.02. The number of fused-ring (bicyclic) bond motifs is 3. The molecule has 1 N–H and O–H groups in total. The molecule has 2 bridgehead atoms. The van der Waals surface area contributed by atoms with Crippen LogP contribution in [0.4, 0.5) is 20.5 Å². The van der Waals surface area contributed by atoms with Crippen LogP contribution in [-0.2, 0) is 17.1 Å². The maximum Gasteiger partial charge on any atom is 0.303 e. The summed E-state index contributed by atoms with van der Waals surface area (Å²) < 4.78 is 28.9. The molecule has 0 spiro atoms. The van der Waals surface area contributed by atoms with E-state index in [1.807, 2.05) is 4.90 Å². The summed E-state index contributed by atoms with van der Waals surface area (Å²) in [6.07, 6.45) is 2.37. The molecular weight excluding hydrogens is 354 g/mol. The van der Waals surface area contributed by atoms with Gasteiger partial charge in [-0.25, -0.2) is 4.98 Å². The Kier molecular flexibility index (Phi) is 3.65. The highest BCUT2D eigenvalue weighted by molar-refractivity contribution is 5.67. The lowest BCUT2D eigenvalue weighted by atomic mass is 9.60. The van der Waals surface area contributed by atoms with Gasteiger partial charge in [0.15, 0.2) is 0 Å². The van der Waals surface area contributed by atoms with Crippen molar-refractivity contribution >= 4 is 17.7 Å². The molecule has 4 atom stereocenters. The molecule has 1 saturated carbocycles. The lowest BCUT2D eigenvalue weighted by Crippen LogP contribution is -2.56. The minimum absolute atomic E-state index is 0.0945. The zero-order valence-electron chi connectivity index (χ0n) is 15.4. The van der Waals surface area contributed by atoms with Gasteiger partial charge in [-0.15, -0.1) is 0 Å². The summed E-state index contributed by atoms with van der Waals surface area (Å²) in [5.41, 5.74) is 0.496. The molecule has 0 radical (unpaired) electrons. The second-order valence-electron chi connectivity index (χ2n) is 8.63. The first-order valence-electron chi connectivity index (χ1n) is 9.86. The number of anilines is 2. The zero-order valence-corrected chi connectivity index (χ0v) is 15.4. The summed E-state index contributed by atoms with van der Waals surface area (Å²) in [4.78, 5) is 24.2. The van der Waals surface area contributed by atoms with Gasteiger partial charge in [0, 0.05) is 44.1 Å². The number of nitrogens with zero attached hydrogens (tertiary/aromatic N) is 4. The van der Waals surface area contributed by atoms with Crippen molar-refractivity contribution < 1.29 is 18.7 Å². The molecule has 0 amide bonds. The van der Waals surface area contributed by atoms with Crippen molar-refractivity contribution in [3.63, 3.8) is 0 Å². The van der Waals surface area contributed by atoms with E-state index in [-0.39, 0.29) is 30.5 Å². The minimum atomic E-state index is -2.89. The van der Waals surface area contributed by atoms with Crippen LogP contribution >= 0.6 is 0 Å². The summed E-state index contributed by atoms with van der Waals surface area (Å²) in [5.74, 6) is -1.71. The average Bonchev–Trinajstić information content (AvgIpc) is 2.93. The van der Waals surface area contributed by atoms with Crippen molar-refractivity contribution in [2.75, 3.05) is 29.4 Å². The van der Waals surface area contributed by atoms with Gasteiger partial charge in [-0.1, -0.05) is 0 Å². The number of alkyl halides is 2. The number of carboxylic acids is 1. The third kappa shape index (κ3) is 2.59. The van der Waals surface area contributed by atoms with Gasteiger partial charge < -0.3 is 14.9 Å². The van der Waals surface area contributed by atoms with Gasteiger partial charge in [-0.3, -0.25) is 4.79 Å². The monoisotopic (exact) mass is 378 g/mol. The summed E-state index contributed by atoms with van der Waals surface area (Å²) in [6.45, 7) is 4.28. The molecule has 6 rings (SSSR count). The Bertz CT molecular complexity index is 790. The van der Waals surface area contributed by atoms with Crippen LogP contribution in [0.2, 0.25) is 0 Å². The standard InChI is InChI=1S/C19H24F2N4O2/c1-10-3-5-25(10)18-22-16-13(2-4-19(16,20)21)17(23-18)24-8-11-6-12(9-24)14(11)7-15(26)27/h10-12,14H,2-9H2,1H3,(H,26,27)/t10-,11-,12+,14-/m0/s1. The highest BCUT2D eigenvalue weighted by Crippen LogP contribution is 2.50. The number of piperidine rings is 2. The Hall–Kier alpha value is -1.99. The molecule has 3 aliphatic heterocycles. The third-order valence-electron chi connectivity index (χ3n) is 7.02. The van der Waals surface area contributed by atoms with Crippen LogP contribution in [-0.4, -0.2) is 46.7 Å². The Morgan fingerprint density at radius 1 is 1.30 bits per heavy atom. The molecular formula is C19H24F2N4O2. The van der Waals surface area contributed by atoms with Crippen molar-refractivity contribution in [1.29, 1.82) is 0 Å². The molecule has 5 aliphatic rings. The van der Waals surface area contributed by atoms with Crippen LogP contribution in [0.15, 0.2) is 0 Å².